The van der Waals surface area contributed by atoms with Gasteiger partial charge in [0, 0.05) is 17.1 Å². The maximum absolute atomic E-state index is 12.9. The van der Waals surface area contributed by atoms with Gasteiger partial charge in [0.15, 0.2) is 0 Å². The Kier molecular flexibility index (Phi) is 5.68. The Morgan fingerprint density at radius 1 is 0.938 bits per heavy atom. The van der Waals surface area contributed by atoms with Crippen molar-refractivity contribution in [1.29, 1.82) is 0 Å². The molecule has 0 radical (unpaired) electrons. The normalized spacial score (nSPS) is 22.7. The van der Waals surface area contributed by atoms with E-state index in [9.17, 15) is 4.79 Å². The fraction of sp³-hybridized carbons (Fsp3) is 0.296. The molecule has 2 aliphatic rings. The molecule has 2 saturated heterocycles. The molecule has 3 aromatic carbocycles. The first-order chi connectivity index (χ1) is 15.6. The van der Waals surface area contributed by atoms with Gasteiger partial charge in [-0.1, -0.05) is 48.5 Å². The second-order valence-electron chi connectivity index (χ2n) is 9.02. The van der Waals surface area contributed by atoms with Gasteiger partial charge in [-0.25, -0.2) is 0 Å². The summed E-state index contributed by atoms with van der Waals surface area (Å²) in [5.41, 5.74) is 11.6. The molecule has 1 spiro atoms. The SMILES string of the molecule is Nc1ccc(-c2ccccc2)cc1NC(=O)c1ccc(C2CC3(CCCN3)CCN2)cc1. The standard InChI is InChI=1S/C27H30N4O/c28-23-12-11-22(19-5-2-1-3-6-19)17-24(23)31-26(32)21-9-7-20(8-10-21)25-18-27(14-16-29-25)13-4-15-30-27/h1-3,5-12,17,25,29-30H,4,13-16,18,28H2,(H,31,32). The third kappa shape index (κ3) is 4.27. The molecule has 2 unspecified atom stereocenters. The van der Waals surface area contributed by atoms with Crippen LogP contribution >= 0.6 is 0 Å². The lowest BCUT2D eigenvalue weighted by Crippen LogP contribution is -2.49. The van der Waals surface area contributed by atoms with E-state index < -0.39 is 0 Å². The zero-order valence-electron chi connectivity index (χ0n) is 18.2. The molecular formula is C27H30N4O. The van der Waals surface area contributed by atoms with Gasteiger partial charge >= 0.3 is 0 Å². The van der Waals surface area contributed by atoms with Gasteiger partial charge in [-0.2, -0.15) is 0 Å². The maximum atomic E-state index is 12.9. The summed E-state index contributed by atoms with van der Waals surface area (Å²) >= 11 is 0. The smallest absolute Gasteiger partial charge is 0.255 e. The summed E-state index contributed by atoms with van der Waals surface area (Å²) in [4.78, 5) is 12.9. The fourth-order valence-corrected chi connectivity index (χ4v) is 5.08. The number of hydrogen-bond acceptors (Lipinski definition) is 4. The highest BCUT2D eigenvalue weighted by molar-refractivity contribution is 6.06. The van der Waals surface area contributed by atoms with E-state index in [1.54, 1.807) is 0 Å². The lowest BCUT2D eigenvalue weighted by atomic mass is 9.81. The number of carbonyl (C=O) groups is 1. The van der Waals surface area contributed by atoms with Gasteiger partial charge in [0.2, 0.25) is 0 Å². The quantitative estimate of drug-likeness (QED) is 0.455. The number of benzene rings is 3. The van der Waals surface area contributed by atoms with Crippen molar-refractivity contribution >= 4 is 17.3 Å². The van der Waals surface area contributed by atoms with Gasteiger partial charge in [-0.3, -0.25) is 4.79 Å². The molecule has 5 heteroatoms. The van der Waals surface area contributed by atoms with Crippen LogP contribution in [0, 0.1) is 0 Å². The molecule has 164 valence electrons. The molecule has 2 atom stereocenters. The van der Waals surface area contributed by atoms with Crippen LogP contribution in [-0.4, -0.2) is 24.5 Å². The first-order valence-corrected chi connectivity index (χ1v) is 11.5. The average molecular weight is 427 g/mol. The van der Waals surface area contributed by atoms with Crippen molar-refractivity contribution in [3.63, 3.8) is 0 Å². The number of hydrogen-bond donors (Lipinski definition) is 4. The lowest BCUT2D eigenvalue weighted by Gasteiger charge is -2.39. The van der Waals surface area contributed by atoms with Crippen molar-refractivity contribution in [2.45, 2.75) is 37.3 Å². The topological polar surface area (TPSA) is 79.2 Å². The Morgan fingerprint density at radius 3 is 2.50 bits per heavy atom. The number of amides is 1. The van der Waals surface area contributed by atoms with Crippen molar-refractivity contribution in [3.8, 4) is 11.1 Å². The summed E-state index contributed by atoms with van der Waals surface area (Å²) in [7, 11) is 0. The van der Waals surface area contributed by atoms with Gasteiger partial charge in [0.25, 0.3) is 5.91 Å². The Bertz CT molecular complexity index is 1090. The Hall–Kier alpha value is -3.15. The summed E-state index contributed by atoms with van der Waals surface area (Å²) in [6.07, 6.45) is 4.81. The van der Waals surface area contributed by atoms with Gasteiger partial charge in [0.1, 0.15) is 0 Å². The highest BCUT2D eigenvalue weighted by Crippen LogP contribution is 2.36. The molecule has 2 fully saturated rings. The highest BCUT2D eigenvalue weighted by atomic mass is 16.1. The van der Waals surface area contributed by atoms with E-state index in [0.29, 0.717) is 23.0 Å². The van der Waals surface area contributed by atoms with E-state index >= 15 is 0 Å². The second kappa shape index (κ2) is 8.77. The summed E-state index contributed by atoms with van der Waals surface area (Å²) in [5, 5.41) is 10.4. The molecule has 0 aliphatic carbocycles. The van der Waals surface area contributed by atoms with Gasteiger partial charge in [-0.05, 0) is 79.7 Å². The average Bonchev–Trinajstić information content (AvgIpc) is 3.28. The summed E-state index contributed by atoms with van der Waals surface area (Å²) in [5.74, 6) is -0.154. The summed E-state index contributed by atoms with van der Waals surface area (Å²) in [6.45, 7) is 2.15. The van der Waals surface area contributed by atoms with E-state index in [0.717, 1.165) is 30.6 Å². The first-order valence-electron chi connectivity index (χ1n) is 11.5. The molecule has 2 aliphatic heterocycles. The number of rotatable bonds is 4. The first kappa shape index (κ1) is 20.7. The molecular weight excluding hydrogens is 396 g/mol. The lowest BCUT2D eigenvalue weighted by molar-refractivity contribution is 0.102. The molecule has 1 amide bonds. The Morgan fingerprint density at radius 2 is 1.75 bits per heavy atom. The van der Waals surface area contributed by atoms with Crippen LogP contribution in [0.2, 0.25) is 0 Å². The van der Waals surface area contributed by atoms with Crippen LogP contribution in [0.4, 0.5) is 11.4 Å². The van der Waals surface area contributed by atoms with Crippen LogP contribution in [0.25, 0.3) is 11.1 Å². The summed E-state index contributed by atoms with van der Waals surface area (Å²) < 4.78 is 0. The third-order valence-electron chi connectivity index (χ3n) is 6.91. The van der Waals surface area contributed by atoms with Gasteiger partial charge < -0.3 is 21.7 Å². The Balaban J connectivity index is 1.29. The predicted molar refractivity (Wildman–Crippen MR) is 131 cm³/mol. The van der Waals surface area contributed by atoms with Crippen molar-refractivity contribution in [2.24, 2.45) is 0 Å². The van der Waals surface area contributed by atoms with Crippen LogP contribution in [0.5, 0.6) is 0 Å². The van der Waals surface area contributed by atoms with Crippen LogP contribution < -0.4 is 21.7 Å². The molecule has 0 saturated carbocycles. The zero-order valence-corrected chi connectivity index (χ0v) is 18.2. The largest absolute Gasteiger partial charge is 0.397 e. The molecule has 2 heterocycles. The molecule has 0 bridgehead atoms. The van der Waals surface area contributed by atoms with Crippen molar-refractivity contribution < 1.29 is 4.79 Å². The number of piperidine rings is 1. The molecule has 5 rings (SSSR count). The number of anilines is 2. The monoisotopic (exact) mass is 426 g/mol. The number of carbonyl (C=O) groups excluding carboxylic acids is 1. The van der Waals surface area contributed by atoms with E-state index in [1.165, 1.54) is 24.8 Å². The number of nitrogens with two attached hydrogens (primary N) is 1. The van der Waals surface area contributed by atoms with E-state index in [4.69, 9.17) is 5.73 Å². The minimum absolute atomic E-state index is 0.154. The fourth-order valence-electron chi connectivity index (χ4n) is 5.08. The van der Waals surface area contributed by atoms with Crippen LogP contribution in [0.3, 0.4) is 0 Å². The molecule has 5 nitrogen and oxygen atoms in total. The van der Waals surface area contributed by atoms with E-state index in [2.05, 4.69) is 28.1 Å². The van der Waals surface area contributed by atoms with Gasteiger partial charge in [-0.15, -0.1) is 0 Å². The van der Waals surface area contributed by atoms with Gasteiger partial charge in [0.05, 0.1) is 11.4 Å². The number of nitrogens with one attached hydrogen (secondary N) is 3. The molecule has 5 N–H and O–H groups in total. The maximum Gasteiger partial charge on any atom is 0.255 e. The predicted octanol–water partition coefficient (Wildman–Crippen LogP) is 4.73. The minimum atomic E-state index is -0.154. The molecule has 3 aromatic rings. The molecule has 32 heavy (non-hydrogen) atoms. The van der Waals surface area contributed by atoms with Crippen LogP contribution in [0.1, 0.15) is 47.6 Å². The Labute approximate surface area is 189 Å². The second-order valence-corrected chi connectivity index (χ2v) is 9.02. The van der Waals surface area contributed by atoms with Crippen LogP contribution in [-0.2, 0) is 0 Å². The van der Waals surface area contributed by atoms with E-state index in [1.807, 2.05) is 60.7 Å². The van der Waals surface area contributed by atoms with Crippen molar-refractivity contribution in [3.05, 3.63) is 83.9 Å². The van der Waals surface area contributed by atoms with Crippen molar-refractivity contribution in [1.82, 2.24) is 10.6 Å². The number of nitrogen functional groups attached to an aromatic ring is 1. The van der Waals surface area contributed by atoms with Crippen LogP contribution in [0.15, 0.2) is 72.8 Å². The minimum Gasteiger partial charge on any atom is -0.397 e. The van der Waals surface area contributed by atoms with Crippen molar-refractivity contribution in [2.75, 3.05) is 24.1 Å². The van der Waals surface area contributed by atoms with E-state index in [-0.39, 0.29) is 11.4 Å². The summed E-state index contributed by atoms with van der Waals surface area (Å²) in [6, 6.07) is 24.1. The zero-order chi connectivity index (χ0) is 22.0. The molecule has 0 aromatic heterocycles. The highest BCUT2D eigenvalue weighted by Gasteiger charge is 2.38. The third-order valence-corrected chi connectivity index (χ3v) is 6.91.